The Hall–Kier alpha value is -4.73. The van der Waals surface area contributed by atoms with E-state index in [4.69, 9.17) is 18.9 Å². The standard InChI is InChI=1S/C25H20N4O6/c30-24(26-10-15-4-6-19-21(8-15)34-13-32-19)17-12-29-18(2-1-3-23(29)28-17)25(31)27-11-16-5-7-20-22(9-16)35-14-33-20/h1-9,12H,10-11,13-14H2,(H,26,30)(H,27,31). The Morgan fingerprint density at radius 2 is 1.37 bits per heavy atom. The summed E-state index contributed by atoms with van der Waals surface area (Å²) in [6.45, 7) is 0.995. The smallest absolute Gasteiger partial charge is 0.271 e. The third kappa shape index (κ3) is 4.05. The molecule has 2 aromatic carbocycles. The summed E-state index contributed by atoms with van der Waals surface area (Å²) in [4.78, 5) is 30.0. The molecule has 0 bridgehead atoms. The highest BCUT2D eigenvalue weighted by Crippen LogP contribution is 2.33. The average molecular weight is 472 g/mol. The minimum atomic E-state index is -0.349. The first kappa shape index (κ1) is 20.8. The molecule has 2 amide bonds. The van der Waals surface area contributed by atoms with Crippen molar-refractivity contribution in [3.05, 3.63) is 83.3 Å². The second-order valence-electron chi connectivity index (χ2n) is 8.01. The van der Waals surface area contributed by atoms with E-state index in [1.165, 1.54) is 0 Å². The van der Waals surface area contributed by atoms with Gasteiger partial charge in [0.25, 0.3) is 11.8 Å². The molecule has 2 N–H and O–H groups in total. The summed E-state index contributed by atoms with van der Waals surface area (Å²) in [6, 6.07) is 16.2. The van der Waals surface area contributed by atoms with Crippen LogP contribution in [0.4, 0.5) is 0 Å². The fourth-order valence-electron chi connectivity index (χ4n) is 3.95. The Balaban J connectivity index is 1.14. The van der Waals surface area contributed by atoms with E-state index in [0.717, 1.165) is 11.1 Å². The van der Waals surface area contributed by atoms with Crippen LogP contribution in [0.3, 0.4) is 0 Å². The number of rotatable bonds is 6. The van der Waals surface area contributed by atoms with Gasteiger partial charge in [-0.25, -0.2) is 4.98 Å². The average Bonchev–Trinajstić information content (AvgIpc) is 3.63. The Labute approximate surface area is 199 Å². The number of nitrogens with one attached hydrogen (secondary N) is 2. The van der Waals surface area contributed by atoms with Crippen LogP contribution in [0.5, 0.6) is 23.0 Å². The van der Waals surface area contributed by atoms with E-state index in [9.17, 15) is 9.59 Å². The van der Waals surface area contributed by atoms with Crippen LogP contribution in [0, 0.1) is 0 Å². The first-order chi connectivity index (χ1) is 17.1. The minimum Gasteiger partial charge on any atom is -0.454 e. The van der Waals surface area contributed by atoms with Crippen LogP contribution in [0.1, 0.15) is 32.1 Å². The second kappa shape index (κ2) is 8.56. The predicted molar refractivity (Wildman–Crippen MR) is 123 cm³/mol. The van der Waals surface area contributed by atoms with Gasteiger partial charge in [0, 0.05) is 19.3 Å². The molecule has 0 spiro atoms. The number of amides is 2. The first-order valence-corrected chi connectivity index (χ1v) is 11.0. The molecule has 10 nitrogen and oxygen atoms in total. The third-order valence-electron chi connectivity index (χ3n) is 5.74. The Morgan fingerprint density at radius 1 is 0.771 bits per heavy atom. The van der Waals surface area contributed by atoms with Gasteiger partial charge in [-0.2, -0.15) is 0 Å². The number of benzene rings is 2. The quantitative estimate of drug-likeness (QED) is 0.444. The summed E-state index contributed by atoms with van der Waals surface area (Å²) in [5.74, 6) is 2.04. The maximum absolute atomic E-state index is 12.9. The summed E-state index contributed by atoms with van der Waals surface area (Å²) in [7, 11) is 0. The van der Waals surface area contributed by atoms with E-state index in [0.29, 0.717) is 47.4 Å². The normalized spacial score (nSPS) is 13.1. The first-order valence-electron chi connectivity index (χ1n) is 11.0. The molecule has 4 heterocycles. The molecule has 2 aliphatic heterocycles. The second-order valence-corrected chi connectivity index (χ2v) is 8.01. The summed E-state index contributed by atoms with van der Waals surface area (Å²) >= 11 is 0. The number of aromatic nitrogens is 2. The van der Waals surface area contributed by atoms with E-state index in [1.807, 2.05) is 36.4 Å². The number of imidazole rings is 1. The van der Waals surface area contributed by atoms with Crippen molar-refractivity contribution in [3.63, 3.8) is 0 Å². The zero-order chi connectivity index (χ0) is 23.8. The number of fused-ring (bicyclic) bond motifs is 3. The van der Waals surface area contributed by atoms with Gasteiger partial charge in [0.15, 0.2) is 23.0 Å². The summed E-state index contributed by atoms with van der Waals surface area (Å²) in [5.41, 5.74) is 2.82. The monoisotopic (exact) mass is 472 g/mol. The van der Waals surface area contributed by atoms with Crippen molar-refractivity contribution >= 4 is 17.5 Å². The molecule has 0 atom stereocenters. The van der Waals surface area contributed by atoms with Crippen molar-refractivity contribution in [1.29, 1.82) is 0 Å². The molecular formula is C25H20N4O6. The molecule has 0 unspecified atom stereocenters. The Bertz CT molecular complexity index is 1460. The lowest BCUT2D eigenvalue weighted by Crippen LogP contribution is -2.25. The molecule has 35 heavy (non-hydrogen) atoms. The summed E-state index contributed by atoms with van der Waals surface area (Å²) < 4.78 is 23.0. The van der Waals surface area contributed by atoms with Gasteiger partial charge in [-0.05, 0) is 47.5 Å². The maximum atomic E-state index is 12.9. The van der Waals surface area contributed by atoms with Crippen LogP contribution in [-0.2, 0) is 13.1 Å². The van der Waals surface area contributed by atoms with Crippen LogP contribution in [-0.4, -0.2) is 34.8 Å². The lowest BCUT2D eigenvalue weighted by molar-refractivity contribution is 0.0935. The fraction of sp³-hybridized carbons (Fsp3) is 0.160. The topological polar surface area (TPSA) is 112 Å². The summed E-state index contributed by atoms with van der Waals surface area (Å²) in [6.07, 6.45) is 1.56. The van der Waals surface area contributed by atoms with Crippen molar-refractivity contribution in [3.8, 4) is 23.0 Å². The van der Waals surface area contributed by atoms with Gasteiger partial charge in [-0.1, -0.05) is 18.2 Å². The number of pyridine rings is 1. The molecule has 0 fully saturated rings. The van der Waals surface area contributed by atoms with Gasteiger partial charge in [-0.15, -0.1) is 0 Å². The minimum absolute atomic E-state index is 0.193. The highest BCUT2D eigenvalue weighted by atomic mass is 16.7. The largest absolute Gasteiger partial charge is 0.454 e. The molecule has 10 heteroatoms. The molecule has 0 saturated carbocycles. The molecule has 0 radical (unpaired) electrons. The summed E-state index contributed by atoms with van der Waals surface area (Å²) in [5, 5.41) is 5.75. The Kier molecular flexibility index (Phi) is 5.10. The third-order valence-corrected chi connectivity index (χ3v) is 5.74. The lowest BCUT2D eigenvalue weighted by Gasteiger charge is -2.08. The van der Waals surface area contributed by atoms with Crippen molar-refractivity contribution in [2.45, 2.75) is 13.1 Å². The fourth-order valence-corrected chi connectivity index (χ4v) is 3.95. The molecule has 0 aliphatic carbocycles. The SMILES string of the molecule is O=C(NCc1ccc2c(c1)OCO2)c1cn2c(C(=O)NCc3ccc4c(c3)OCO4)cccc2n1. The van der Waals surface area contributed by atoms with Crippen LogP contribution < -0.4 is 29.6 Å². The van der Waals surface area contributed by atoms with Gasteiger partial charge in [0.1, 0.15) is 17.0 Å². The van der Waals surface area contributed by atoms with Gasteiger partial charge < -0.3 is 29.6 Å². The van der Waals surface area contributed by atoms with Gasteiger partial charge >= 0.3 is 0 Å². The number of hydrogen-bond donors (Lipinski definition) is 2. The van der Waals surface area contributed by atoms with Gasteiger partial charge in [0.2, 0.25) is 13.6 Å². The van der Waals surface area contributed by atoms with Crippen molar-refractivity contribution in [2.75, 3.05) is 13.6 Å². The number of nitrogens with zero attached hydrogens (tertiary/aromatic N) is 2. The maximum Gasteiger partial charge on any atom is 0.271 e. The predicted octanol–water partition coefficient (Wildman–Crippen LogP) is 2.65. The number of carbonyl (C=O) groups excluding carboxylic acids is 2. The Morgan fingerprint density at radius 3 is 2.03 bits per heavy atom. The van der Waals surface area contributed by atoms with Gasteiger partial charge in [-0.3, -0.25) is 14.0 Å². The van der Waals surface area contributed by atoms with E-state index in [-0.39, 0.29) is 31.1 Å². The van der Waals surface area contributed by atoms with Crippen molar-refractivity contribution in [2.24, 2.45) is 0 Å². The highest BCUT2D eigenvalue weighted by molar-refractivity contribution is 5.95. The molecule has 4 aromatic rings. The molecular weight excluding hydrogens is 452 g/mol. The van der Waals surface area contributed by atoms with E-state index in [1.54, 1.807) is 28.8 Å². The molecule has 2 aliphatic rings. The molecule has 6 rings (SSSR count). The molecule has 0 saturated heterocycles. The van der Waals surface area contributed by atoms with E-state index >= 15 is 0 Å². The highest BCUT2D eigenvalue weighted by Gasteiger charge is 2.18. The van der Waals surface area contributed by atoms with E-state index < -0.39 is 0 Å². The van der Waals surface area contributed by atoms with Crippen LogP contribution >= 0.6 is 0 Å². The number of hydrogen-bond acceptors (Lipinski definition) is 7. The van der Waals surface area contributed by atoms with Crippen molar-refractivity contribution in [1.82, 2.24) is 20.0 Å². The zero-order valence-corrected chi connectivity index (χ0v) is 18.4. The van der Waals surface area contributed by atoms with Crippen LogP contribution in [0.2, 0.25) is 0 Å². The molecule has 2 aromatic heterocycles. The van der Waals surface area contributed by atoms with E-state index in [2.05, 4.69) is 15.6 Å². The van der Waals surface area contributed by atoms with Crippen molar-refractivity contribution < 1.29 is 28.5 Å². The molecule has 176 valence electrons. The lowest BCUT2D eigenvalue weighted by atomic mass is 10.2. The van der Waals surface area contributed by atoms with Gasteiger partial charge in [0.05, 0.1) is 0 Å². The van der Waals surface area contributed by atoms with Crippen LogP contribution in [0.15, 0.2) is 60.8 Å². The number of ether oxygens (including phenoxy) is 4. The zero-order valence-electron chi connectivity index (χ0n) is 18.4. The van der Waals surface area contributed by atoms with Crippen LogP contribution in [0.25, 0.3) is 5.65 Å². The number of carbonyl (C=O) groups is 2.